The normalized spacial score (nSPS) is 14.8. The third kappa shape index (κ3) is 4.89. The van der Waals surface area contributed by atoms with Crippen molar-refractivity contribution in [3.8, 4) is 11.5 Å². The molecule has 1 aliphatic heterocycles. The molecular formula is C20H24N2O3. The van der Waals surface area contributed by atoms with Gasteiger partial charge in [-0.1, -0.05) is 18.2 Å². The summed E-state index contributed by atoms with van der Waals surface area (Å²) in [5, 5.41) is 3.07. The summed E-state index contributed by atoms with van der Waals surface area (Å²) in [4.78, 5) is 14.4. The van der Waals surface area contributed by atoms with Crippen LogP contribution in [0.5, 0.6) is 11.5 Å². The second-order valence-corrected chi connectivity index (χ2v) is 6.13. The molecule has 5 heteroatoms. The second-order valence-electron chi connectivity index (χ2n) is 6.13. The van der Waals surface area contributed by atoms with E-state index in [-0.39, 0.29) is 18.6 Å². The highest BCUT2D eigenvalue weighted by Gasteiger charge is 2.21. The van der Waals surface area contributed by atoms with Gasteiger partial charge in [-0.05, 0) is 49.2 Å². The molecule has 3 rings (SSSR count). The van der Waals surface area contributed by atoms with Crippen molar-refractivity contribution in [1.82, 2.24) is 5.32 Å². The number of nitrogens with zero attached hydrogens (tertiary/aromatic N) is 1. The van der Waals surface area contributed by atoms with E-state index in [9.17, 15) is 4.79 Å². The number of ether oxygens (including phenoxy) is 2. The van der Waals surface area contributed by atoms with Gasteiger partial charge >= 0.3 is 0 Å². The van der Waals surface area contributed by atoms with Crippen LogP contribution in [0.4, 0.5) is 5.69 Å². The molecular weight excluding hydrogens is 316 g/mol. The minimum atomic E-state index is -0.0632. The van der Waals surface area contributed by atoms with Crippen molar-refractivity contribution in [2.45, 2.75) is 18.9 Å². The molecule has 2 aromatic rings. The van der Waals surface area contributed by atoms with Crippen molar-refractivity contribution in [2.75, 3.05) is 31.7 Å². The Labute approximate surface area is 148 Å². The lowest BCUT2D eigenvalue weighted by Crippen LogP contribution is -2.46. The van der Waals surface area contributed by atoms with Gasteiger partial charge < -0.3 is 19.7 Å². The number of carbonyl (C=O) groups excluding carboxylic acids is 1. The number of benzene rings is 2. The van der Waals surface area contributed by atoms with Crippen molar-refractivity contribution in [3.05, 3.63) is 54.6 Å². The molecule has 0 aromatic heterocycles. The highest BCUT2D eigenvalue weighted by molar-refractivity contribution is 5.77. The smallest absolute Gasteiger partial charge is 0.258 e. The lowest BCUT2D eigenvalue weighted by atomic mass is 10.0. The number of hydrogen-bond acceptors (Lipinski definition) is 4. The first kappa shape index (κ1) is 17.1. The number of carbonyl (C=O) groups is 1. The van der Waals surface area contributed by atoms with Gasteiger partial charge in [-0.2, -0.15) is 0 Å². The SMILES string of the molecule is COc1ccc(N2CCC(NC(=O)COc3ccccc3)CC2)cc1. The molecule has 1 N–H and O–H groups in total. The Morgan fingerprint density at radius 1 is 1.04 bits per heavy atom. The maximum atomic E-state index is 12.0. The summed E-state index contributed by atoms with van der Waals surface area (Å²) in [6, 6.07) is 17.7. The van der Waals surface area contributed by atoms with E-state index in [0.717, 1.165) is 31.7 Å². The van der Waals surface area contributed by atoms with Crippen molar-refractivity contribution >= 4 is 11.6 Å². The lowest BCUT2D eigenvalue weighted by Gasteiger charge is -2.34. The average molecular weight is 340 g/mol. The van der Waals surface area contributed by atoms with Crippen LogP contribution in [0.25, 0.3) is 0 Å². The van der Waals surface area contributed by atoms with E-state index in [0.29, 0.717) is 5.75 Å². The standard InChI is InChI=1S/C20H24N2O3/c1-24-18-9-7-17(8-10-18)22-13-11-16(12-14-22)21-20(23)15-25-19-5-3-2-4-6-19/h2-10,16H,11-15H2,1H3,(H,21,23). The average Bonchev–Trinajstić information content (AvgIpc) is 2.68. The van der Waals surface area contributed by atoms with Gasteiger partial charge in [0, 0.05) is 24.8 Å². The van der Waals surface area contributed by atoms with Crippen LogP contribution in [0.15, 0.2) is 54.6 Å². The van der Waals surface area contributed by atoms with Crippen LogP contribution in [-0.2, 0) is 4.79 Å². The summed E-state index contributed by atoms with van der Waals surface area (Å²) in [5.41, 5.74) is 1.19. The Morgan fingerprint density at radius 2 is 1.72 bits per heavy atom. The number of hydrogen-bond donors (Lipinski definition) is 1. The van der Waals surface area contributed by atoms with E-state index in [4.69, 9.17) is 9.47 Å². The molecule has 2 aromatic carbocycles. The van der Waals surface area contributed by atoms with Crippen LogP contribution < -0.4 is 19.7 Å². The Kier molecular flexibility index (Phi) is 5.77. The van der Waals surface area contributed by atoms with Gasteiger partial charge in [0.1, 0.15) is 11.5 Å². The van der Waals surface area contributed by atoms with Gasteiger partial charge in [-0.3, -0.25) is 4.79 Å². The largest absolute Gasteiger partial charge is 0.497 e. The predicted molar refractivity (Wildman–Crippen MR) is 98.3 cm³/mol. The summed E-state index contributed by atoms with van der Waals surface area (Å²) in [7, 11) is 1.67. The molecule has 1 fully saturated rings. The first-order chi connectivity index (χ1) is 12.2. The number of amides is 1. The Morgan fingerprint density at radius 3 is 2.36 bits per heavy atom. The second kappa shape index (κ2) is 8.42. The van der Waals surface area contributed by atoms with Gasteiger partial charge in [-0.25, -0.2) is 0 Å². The first-order valence-corrected chi connectivity index (χ1v) is 8.61. The van der Waals surface area contributed by atoms with Crippen LogP contribution in [0, 0.1) is 0 Å². The summed E-state index contributed by atoms with van der Waals surface area (Å²) >= 11 is 0. The van der Waals surface area contributed by atoms with E-state index >= 15 is 0 Å². The van der Waals surface area contributed by atoms with Crippen LogP contribution in [-0.4, -0.2) is 38.8 Å². The molecule has 1 amide bonds. The van der Waals surface area contributed by atoms with E-state index in [2.05, 4.69) is 22.3 Å². The Bertz CT molecular complexity index is 665. The summed E-state index contributed by atoms with van der Waals surface area (Å²) in [6.45, 7) is 1.91. The lowest BCUT2D eigenvalue weighted by molar-refractivity contribution is -0.123. The molecule has 0 unspecified atom stereocenters. The van der Waals surface area contributed by atoms with Gasteiger partial charge in [0.05, 0.1) is 7.11 Å². The third-order valence-electron chi connectivity index (χ3n) is 4.41. The van der Waals surface area contributed by atoms with Crippen molar-refractivity contribution in [1.29, 1.82) is 0 Å². The van der Waals surface area contributed by atoms with Crippen LogP contribution >= 0.6 is 0 Å². The monoisotopic (exact) mass is 340 g/mol. The topological polar surface area (TPSA) is 50.8 Å². The highest BCUT2D eigenvalue weighted by Crippen LogP contribution is 2.22. The molecule has 0 saturated carbocycles. The highest BCUT2D eigenvalue weighted by atomic mass is 16.5. The molecule has 25 heavy (non-hydrogen) atoms. The van der Waals surface area contributed by atoms with E-state index in [1.807, 2.05) is 42.5 Å². The number of para-hydroxylation sites is 1. The van der Waals surface area contributed by atoms with Crippen molar-refractivity contribution < 1.29 is 14.3 Å². The summed E-state index contributed by atoms with van der Waals surface area (Å²) in [5.74, 6) is 1.52. The summed E-state index contributed by atoms with van der Waals surface area (Å²) < 4.78 is 10.7. The van der Waals surface area contributed by atoms with E-state index in [1.165, 1.54) is 5.69 Å². The zero-order valence-corrected chi connectivity index (χ0v) is 14.5. The number of methoxy groups -OCH3 is 1. The number of rotatable bonds is 6. The maximum Gasteiger partial charge on any atom is 0.258 e. The number of piperidine rings is 1. The van der Waals surface area contributed by atoms with Crippen LogP contribution in [0.2, 0.25) is 0 Å². The first-order valence-electron chi connectivity index (χ1n) is 8.61. The third-order valence-corrected chi connectivity index (χ3v) is 4.41. The van der Waals surface area contributed by atoms with Gasteiger partial charge in [0.2, 0.25) is 0 Å². The van der Waals surface area contributed by atoms with Crippen LogP contribution in [0.3, 0.4) is 0 Å². The molecule has 5 nitrogen and oxygen atoms in total. The molecule has 0 spiro atoms. The molecule has 1 aliphatic rings. The summed E-state index contributed by atoms with van der Waals surface area (Å²) in [6.07, 6.45) is 1.87. The quantitative estimate of drug-likeness (QED) is 0.878. The minimum Gasteiger partial charge on any atom is -0.497 e. The zero-order valence-electron chi connectivity index (χ0n) is 14.5. The van der Waals surface area contributed by atoms with Gasteiger partial charge in [0.25, 0.3) is 5.91 Å². The van der Waals surface area contributed by atoms with Crippen molar-refractivity contribution in [2.24, 2.45) is 0 Å². The van der Waals surface area contributed by atoms with Gasteiger partial charge in [-0.15, -0.1) is 0 Å². The van der Waals surface area contributed by atoms with Gasteiger partial charge in [0.15, 0.2) is 6.61 Å². The molecule has 1 saturated heterocycles. The van der Waals surface area contributed by atoms with E-state index in [1.54, 1.807) is 7.11 Å². The fourth-order valence-electron chi connectivity index (χ4n) is 3.01. The van der Waals surface area contributed by atoms with Crippen molar-refractivity contribution in [3.63, 3.8) is 0 Å². The fourth-order valence-corrected chi connectivity index (χ4v) is 3.01. The molecule has 0 radical (unpaired) electrons. The Balaban J connectivity index is 1.41. The number of nitrogens with one attached hydrogen (secondary N) is 1. The molecule has 132 valence electrons. The molecule has 0 bridgehead atoms. The minimum absolute atomic E-state index is 0.0582. The molecule has 1 heterocycles. The Hall–Kier alpha value is -2.69. The molecule has 0 aliphatic carbocycles. The fraction of sp³-hybridized carbons (Fsp3) is 0.350. The number of anilines is 1. The predicted octanol–water partition coefficient (Wildman–Crippen LogP) is 2.86. The maximum absolute atomic E-state index is 12.0. The zero-order chi connectivity index (χ0) is 17.5. The van der Waals surface area contributed by atoms with E-state index < -0.39 is 0 Å². The van der Waals surface area contributed by atoms with Crippen LogP contribution in [0.1, 0.15) is 12.8 Å². The molecule has 0 atom stereocenters.